The molecule has 0 radical (unpaired) electrons. The Morgan fingerprint density at radius 2 is 1.89 bits per heavy atom. The van der Waals surface area contributed by atoms with Crippen molar-refractivity contribution >= 4 is 21.9 Å². The summed E-state index contributed by atoms with van der Waals surface area (Å²) in [5.41, 5.74) is 2.56. The lowest BCUT2D eigenvalue weighted by Gasteiger charge is -2.18. The number of imidazole rings is 1. The Morgan fingerprint density at radius 3 is 2.51 bits per heavy atom. The van der Waals surface area contributed by atoms with Crippen molar-refractivity contribution in [2.75, 3.05) is 17.9 Å². The molecule has 0 aliphatic heterocycles. The topological polar surface area (TPSA) is 159 Å². The van der Waals surface area contributed by atoms with Crippen LogP contribution < -0.4 is 4.72 Å². The average Bonchev–Trinajstić information content (AvgIpc) is 3.51. The van der Waals surface area contributed by atoms with Crippen LogP contribution in [0.25, 0.3) is 11.3 Å². The Bertz CT molecular complexity index is 1770. The van der Waals surface area contributed by atoms with Crippen LogP contribution in [0.1, 0.15) is 85.4 Å². The fraction of sp³-hybridized carbons (Fsp3) is 0.438. The molecule has 0 aliphatic carbocycles. The molecule has 4 rings (SSSR count). The van der Waals surface area contributed by atoms with Crippen molar-refractivity contribution in [3.63, 3.8) is 0 Å². The summed E-state index contributed by atoms with van der Waals surface area (Å²) in [5.74, 6) is 0.122. The van der Waals surface area contributed by atoms with Crippen molar-refractivity contribution in [3.8, 4) is 11.3 Å². The fourth-order valence-electron chi connectivity index (χ4n) is 4.90. The number of rotatable bonds is 14. The number of hydrogen-bond acceptors (Lipinski definition) is 10. The van der Waals surface area contributed by atoms with E-state index < -0.39 is 21.6 Å². The summed E-state index contributed by atoms with van der Waals surface area (Å²) >= 11 is 0. The summed E-state index contributed by atoms with van der Waals surface area (Å²) in [4.78, 5) is 22.3. The monoisotopic (exact) mass is 639 g/mol. The molecule has 0 atom stereocenters. The van der Waals surface area contributed by atoms with Crippen LogP contribution in [0.15, 0.2) is 45.9 Å². The molecule has 0 saturated carbocycles. The van der Waals surface area contributed by atoms with Gasteiger partial charge in [0.05, 0.1) is 24.6 Å². The maximum absolute atomic E-state index is 13.6. The molecule has 0 aliphatic rings. The van der Waals surface area contributed by atoms with Gasteiger partial charge in [0.15, 0.2) is 5.69 Å². The number of sulfonamides is 1. The quantitative estimate of drug-likeness (QED) is 0.174. The van der Waals surface area contributed by atoms with Crippen LogP contribution in [0.4, 0.5) is 5.88 Å². The fourth-order valence-corrected chi connectivity index (χ4v) is 6.12. The Morgan fingerprint density at radius 1 is 1.13 bits per heavy atom. The number of aryl methyl sites for hydroxylation is 2. The number of aliphatic hydroxyl groups is 1. The highest BCUT2D eigenvalue weighted by Gasteiger charge is 2.32. The number of hydrogen-bond donors (Lipinski definition) is 2. The summed E-state index contributed by atoms with van der Waals surface area (Å²) in [6, 6.07) is 8.59. The zero-order valence-corrected chi connectivity index (χ0v) is 27.6. The number of nitrogens with zero attached hydrogens (tertiary/aromatic N) is 4. The lowest BCUT2D eigenvalue weighted by atomic mass is 10.0. The van der Waals surface area contributed by atoms with E-state index in [-0.39, 0.29) is 47.6 Å². The molecule has 0 bridgehead atoms. The first-order chi connectivity index (χ1) is 21.3. The number of carbonyl (C=O) groups excluding carboxylic acids is 1. The molecule has 2 N–H and O–H groups in total. The van der Waals surface area contributed by atoms with Gasteiger partial charge in [-0.25, -0.2) is 22.9 Å². The Balaban J connectivity index is 1.82. The van der Waals surface area contributed by atoms with Crippen LogP contribution in [-0.2, 0) is 44.7 Å². The second kappa shape index (κ2) is 13.9. The summed E-state index contributed by atoms with van der Waals surface area (Å²) in [7, 11) is -4.12. The molecule has 1 aromatic carbocycles. The van der Waals surface area contributed by atoms with E-state index in [0.29, 0.717) is 41.2 Å². The summed E-state index contributed by atoms with van der Waals surface area (Å²) < 4.78 is 47.8. The lowest BCUT2D eigenvalue weighted by molar-refractivity contribution is 0.0469. The van der Waals surface area contributed by atoms with Gasteiger partial charge in [-0.15, -0.1) is 0 Å². The lowest BCUT2D eigenvalue weighted by Crippen LogP contribution is -2.23. The highest BCUT2D eigenvalue weighted by atomic mass is 32.2. The number of carbonyl (C=O) groups is 1. The van der Waals surface area contributed by atoms with Gasteiger partial charge in [-0.05, 0) is 71.2 Å². The standard InChI is InChI=1S/C32H41N5O7S/c1-8-12-26-34-29(32(6,7)39)28(31(38)43-10-3)37(26)18-22-14-15-24(23(17-22)19-42-9-2)27-25(13-11-16-33-27)45(40,41)36-30-20(4)21(5)35-44-30/h11,13-17,36,39H,8-10,12,18-19H2,1-7H3. The third-order valence-corrected chi connectivity index (χ3v) is 8.60. The molecule has 0 amide bonds. The van der Waals surface area contributed by atoms with Gasteiger partial charge < -0.3 is 23.7 Å². The molecule has 3 heterocycles. The Labute approximate surface area is 263 Å². The Kier molecular flexibility index (Phi) is 10.5. The molecule has 0 spiro atoms. The normalized spacial score (nSPS) is 12.0. The van der Waals surface area contributed by atoms with Crippen LogP contribution in [-0.4, -0.2) is 52.4 Å². The van der Waals surface area contributed by atoms with Crippen LogP contribution in [0.3, 0.4) is 0 Å². The number of esters is 1. The van der Waals surface area contributed by atoms with Crippen molar-refractivity contribution in [1.29, 1.82) is 0 Å². The predicted octanol–water partition coefficient (Wildman–Crippen LogP) is 5.29. The number of benzene rings is 1. The van der Waals surface area contributed by atoms with E-state index >= 15 is 0 Å². The van der Waals surface area contributed by atoms with Gasteiger partial charge in [-0.2, -0.15) is 0 Å². The van der Waals surface area contributed by atoms with Crippen LogP contribution in [0, 0.1) is 13.8 Å². The minimum Gasteiger partial charge on any atom is -0.461 e. The number of nitrogens with one attached hydrogen (secondary N) is 1. The van der Waals surface area contributed by atoms with E-state index in [1.54, 1.807) is 51.3 Å². The summed E-state index contributed by atoms with van der Waals surface area (Å²) in [5, 5.41) is 14.7. The molecule has 13 heteroatoms. The minimum absolute atomic E-state index is 0.0387. The van der Waals surface area contributed by atoms with Crippen molar-refractivity contribution < 1.29 is 32.3 Å². The molecule has 242 valence electrons. The highest BCUT2D eigenvalue weighted by Crippen LogP contribution is 2.33. The third kappa shape index (κ3) is 7.43. The van der Waals surface area contributed by atoms with Crippen molar-refractivity contribution in [2.45, 2.75) is 85.0 Å². The van der Waals surface area contributed by atoms with E-state index in [9.17, 15) is 18.3 Å². The van der Waals surface area contributed by atoms with E-state index in [2.05, 4.69) is 19.8 Å². The third-order valence-electron chi connectivity index (χ3n) is 7.24. The van der Waals surface area contributed by atoms with Crippen LogP contribution in [0.5, 0.6) is 0 Å². The van der Waals surface area contributed by atoms with Gasteiger partial charge in [0.1, 0.15) is 22.0 Å². The van der Waals surface area contributed by atoms with E-state index in [4.69, 9.17) is 14.0 Å². The molecule has 3 aromatic heterocycles. The molecule has 0 unspecified atom stereocenters. The number of pyridine rings is 1. The second-order valence-electron chi connectivity index (χ2n) is 11.1. The summed E-state index contributed by atoms with van der Waals surface area (Å²) in [6.45, 7) is 13.3. The zero-order chi connectivity index (χ0) is 32.9. The largest absolute Gasteiger partial charge is 0.461 e. The number of ether oxygens (including phenoxy) is 2. The van der Waals surface area contributed by atoms with E-state index in [1.807, 2.05) is 26.0 Å². The van der Waals surface area contributed by atoms with Crippen LogP contribution >= 0.6 is 0 Å². The first kappa shape index (κ1) is 33.8. The zero-order valence-electron chi connectivity index (χ0n) is 26.8. The Hall–Kier alpha value is -4.07. The number of aromatic nitrogens is 4. The second-order valence-corrected chi connectivity index (χ2v) is 12.8. The molecular weight excluding hydrogens is 598 g/mol. The highest BCUT2D eigenvalue weighted by molar-refractivity contribution is 7.92. The maximum atomic E-state index is 13.6. The average molecular weight is 640 g/mol. The van der Waals surface area contributed by atoms with Gasteiger partial charge >= 0.3 is 5.97 Å². The van der Waals surface area contributed by atoms with Gasteiger partial charge in [0, 0.05) is 36.9 Å². The van der Waals surface area contributed by atoms with E-state index in [1.165, 1.54) is 12.3 Å². The van der Waals surface area contributed by atoms with Crippen LogP contribution in [0.2, 0.25) is 0 Å². The molecular formula is C32H41N5O7S. The van der Waals surface area contributed by atoms with Crippen molar-refractivity contribution in [3.05, 3.63) is 76.1 Å². The first-order valence-corrected chi connectivity index (χ1v) is 16.4. The van der Waals surface area contributed by atoms with Crippen molar-refractivity contribution in [1.82, 2.24) is 19.7 Å². The minimum atomic E-state index is -4.12. The summed E-state index contributed by atoms with van der Waals surface area (Å²) in [6.07, 6.45) is 2.89. The van der Waals surface area contributed by atoms with Gasteiger partial charge in [0.2, 0.25) is 5.88 Å². The molecule has 12 nitrogen and oxygen atoms in total. The molecule has 4 aromatic rings. The molecule has 0 saturated heterocycles. The smallest absolute Gasteiger partial charge is 0.357 e. The predicted molar refractivity (Wildman–Crippen MR) is 168 cm³/mol. The number of anilines is 1. The maximum Gasteiger partial charge on any atom is 0.357 e. The van der Waals surface area contributed by atoms with Gasteiger partial charge in [-0.1, -0.05) is 30.3 Å². The van der Waals surface area contributed by atoms with Crippen molar-refractivity contribution in [2.24, 2.45) is 0 Å². The molecule has 0 fully saturated rings. The van der Waals surface area contributed by atoms with Gasteiger partial charge in [0.25, 0.3) is 10.0 Å². The van der Waals surface area contributed by atoms with E-state index in [0.717, 1.165) is 12.0 Å². The first-order valence-electron chi connectivity index (χ1n) is 14.9. The van der Waals surface area contributed by atoms with Gasteiger partial charge in [-0.3, -0.25) is 4.98 Å². The molecule has 45 heavy (non-hydrogen) atoms. The SMILES string of the molecule is CCCc1nc(C(C)(C)O)c(C(=O)OCC)n1Cc1ccc(-c2ncccc2S(=O)(=O)Nc2onc(C)c2C)c(COCC)c1.